The zero-order chi connectivity index (χ0) is 17.6. The molecule has 1 saturated heterocycles. The molecule has 1 atom stereocenters. The topological polar surface area (TPSA) is 36.5 Å². The number of nitrogens with one attached hydrogen (secondary N) is 2. The molecule has 7 heteroatoms. The smallest absolute Gasteiger partial charge is 0.170 e. The summed E-state index contributed by atoms with van der Waals surface area (Å²) in [6.07, 6.45) is 0. The molecule has 1 aromatic heterocycles. The molecule has 0 bridgehead atoms. The van der Waals surface area contributed by atoms with E-state index < -0.39 is 0 Å². The molecule has 0 amide bonds. The number of aryl methyl sites for hydroxylation is 1. The van der Waals surface area contributed by atoms with Gasteiger partial charge in [-0.3, -0.25) is 4.90 Å². The van der Waals surface area contributed by atoms with Crippen LogP contribution in [0.25, 0.3) is 0 Å². The van der Waals surface area contributed by atoms with Crippen LogP contribution in [0.2, 0.25) is 0 Å². The summed E-state index contributed by atoms with van der Waals surface area (Å²) < 4.78 is 19.1. The van der Waals surface area contributed by atoms with Gasteiger partial charge < -0.3 is 15.4 Å². The van der Waals surface area contributed by atoms with Crippen LogP contribution in [0.4, 0.5) is 10.1 Å². The predicted octanol–water partition coefficient (Wildman–Crippen LogP) is 3.56. The van der Waals surface area contributed by atoms with E-state index in [9.17, 15) is 4.39 Å². The zero-order valence-corrected chi connectivity index (χ0v) is 15.8. The number of morpholine rings is 1. The van der Waals surface area contributed by atoms with Gasteiger partial charge in [0, 0.05) is 30.2 Å². The number of rotatable bonds is 5. The second-order valence-electron chi connectivity index (χ2n) is 5.98. The first kappa shape index (κ1) is 18.3. The van der Waals surface area contributed by atoms with Crippen LogP contribution in [0.1, 0.15) is 16.5 Å². The molecule has 0 aliphatic carbocycles. The lowest BCUT2D eigenvalue weighted by Gasteiger charge is -2.34. The minimum absolute atomic E-state index is 0.238. The second-order valence-corrected chi connectivity index (χ2v) is 7.37. The van der Waals surface area contributed by atoms with Crippen LogP contribution in [0.5, 0.6) is 0 Å². The molecule has 0 radical (unpaired) electrons. The van der Waals surface area contributed by atoms with Crippen molar-refractivity contribution in [3.05, 3.63) is 52.0 Å². The van der Waals surface area contributed by atoms with Crippen molar-refractivity contribution < 1.29 is 9.13 Å². The highest BCUT2D eigenvalue weighted by Gasteiger charge is 2.23. The number of anilines is 1. The maximum atomic E-state index is 13.7. The van der Waals surface area contributed by atoms with E-state index in [1.54, 1.807) is 24.3 Å². The SMILES string of the molecule is Cc1ccc(NC(=S)NC[C@H](c2cccs2)N2CCOCC2)cc1F. The first-order valence-electron chi connectivity index (χ1n) is 8.29. The Bertz CT molecular complexity index is 702. The molecule has 4 nitrogen and oxygen atoms in total. The molecule has 25 heavy (non-hydrogen) atoms. The number of nitrogens with zero attached hydrogens (tertiary/aromatic N) is 1. The maximum Gasteiger partial charge on any atom is 0.170 e. The van der Waals surface area contributed by atoms with Crippen molar-refractivity contribution in [2.24, 2.45) is 0 Å². The number of thiocarbonyl (C=S) groups is 1. The molecule has 1 aliphatic heterocycles. The molecule has 1 aromatic carbocycles. The average molecular weight is 380 g/mol. The first-order chi connectivity index (χ1) is 12.1. The first-order valence-corrected chi connectivity index (χ1v) is 9.58. The standard InChI is InChI=1S/C18H22FN3OS2/c1-13-4-5-14(11-15(13)19)21-18(24)20-12-16(17-3-2-10-25-17)22-6-8-23-9-7-22/h2-5,10-11,16H,6-9,12H2,1H3,(H2,20,21,24)/t16-/m1/s1. The van der Waals surface area contributed by atoms with Crippen LogP contribution in [0.15, 0.2) is 35.7 Å². The van der Waals surface area contributed by atoms with Crippen LogP contribution >= 0.6 is 23.6 Å². The van der Waals surface area contributed by atoms with Crippen LogP contribution in [0.3, 0.4) is 0 Å². The zero-order valence-electron chi connectivity index (χ0n) is 14.1. The average Bonchev–Trinajstić information content (AvgIpc) is 3.14. The molecule has 2 aromatic rings. The molecule has 1 fully saturated rings. The molecular formula is C18H22FN3OS2. The highest BCUT2D eigenvalue weighted by Crippen LogP contribution is 2.25. The van der Waals surface area contributed by atoms with Gasteiger partial charge in [0.05, 0.1) is 19.3 Å². The summed E-state index contributed by atoms with van der Waals surface area (Å²) in [7, 11) is 0. The highest BCUT2D eigenvalue weighted by molar-refractivity contribution is 7.80. The third kappa shape index (κ3) is 4.98. The summed E-state index contributed by atoms with van der Waals surface area (Å²) in [5, 5.41) is 8.92. The number of hydrogen-bond donors (Lipinski definition) is 2. The van der Waals surface area contributed by atoms with Crippen molar-refractivity contribution in [2.45, 2.75) is 13.0 Å². The molecule has 1 aliphatic rings. The van der Waals surface area contributed by atoms with Crippen molar-refractivity contribution in [1.29, 1.82) is 0 Å². The second kappa shape index (κ2) is 8.71. The highest BCUT2D eigenvalue weighted by atomic mass is 32.1. The van der Waals surface area contributed by atoms with Gasteiger partial charge >= 0.3 is 0 Å². The Morgan fingerprint density at radius 2 is 2.16 bits per heavy atom. The number of ether oxygens (including phenoxy) is 1. The Morgan fingerprint density at radius 3 is 2.84 bits per heavy atom. The Balaban J connectivity index is 1.60. The van der Waals surface area contributed by atoms with E-state index in [4.69, 9.17) is 17.0 Å². The van der Waals surface area contributed by atoms with Crippen LogP contribution in [0, 0.1) is 12.7 Å². The summed E-state index contributed by atoms with van der Waals surface area (Å²) in [5.74, 6) is -0.238. The van der Waals surface area contributed by atoms with Gasteiger partial charge in [-0.1, -0.05) is 12.1 Å². The monoisotopic (exact) mass is 379 g/mol. The van der Waals surface area contributed by atoms with E-state index in [1.807, 2.05) is 6.07 Å². The van der Waals surface area contributed by atoms with E-state index in [2.05, 4.69) is 33.0 Å². The lowest BCUT2D eigenvalue weighted by molar-refractivity contribution is 0.0177. The van der Waals surface area contributed by atoms with Crippen LogP contribution in [-0.4, -0.2) is 42.9 Å². The summed E-state index contributed by atoms with van der Waals surface area (Å²) in [6.45, 7) is 5.77. The summed E-state index contributed by atoms with van der Waals surface area (Å²) in [6, 6.07) is 9.49. The van der Waals surface area contributed by atoms with Gasteiger partial charge in [-0.2, -0.15) is 0 Å². The molecule has 2 N–H and O–H groups in total. The third-order valence-corrected chi connectivity index (χ3v) is 5.46. The van der Waals surface area contributed by atoms with Crippen molar-refractivity contribution in [3.63, 3.8) is 0 Å². The molecule has 2 heterocycles. The van der Waals surface area contributed by atoms with Gasteiger partial charge in [0.25, 0.3) is 0 Å². The van der Waals surface area contributed by atoms with Crippen molar-refractivity contribution in [1.82, 2.24) is 10.2 Å². The van der Waals surface area contributed by atoms with E-state index in [-0.39, 0.29) is 11.9 Å². The summed E-state index contributed by atoms with van der Waals surface area (Å²) in [5.41, 5.74) is 1.27. The molecule has 0 unspecified atom stereocenters. The van der Waals surface area contributed by atoms with Crippen molar-refractivity contribution in [3.8, 4) is 0 Å². The Labute approximate surface area is 157 Å². The lowest BCUT2D eigenvalue weighted by Crippen LogP contribution is -2.44. The van der Waals surface area contributed by atoms with E-state index in [0.717, 1.165) is 26.3 Å². The Kier molecular flexibility index (Phi) is 6.36. The number of hydrogen-bond acceptors (Lipinski definition) is 4. The summed E-state index contributed by atoms with van der Waals surface area (Å²) in [4.78, 5) is 3.72. The van der Waals surface area contributed by atoms with Gasteiger partial charge in [-0.15, -0.1) is 11.3 Å². The third-order valence-electron chi connectivity index (χ3n) is 4.24. The fraction of sp³-hybridized carbons (Fsp3) is 0.389. The van der Waals surface area contributed by atoms with Crippen molar-refractivity contribution >= 4 is 34.4 Å². The fourth-order valence-electron chi connectivity index (χ4n) is 2.81. The maximum absolute atomic E-state index is 13.7. The largest absolute Gasteiger partial charge is 0.379 e. The van der Waals surface area contributed by atoms with Crippen molar-refractivity contribution in [2.75, 3.05) is 38.2 Å². The van der Waals surface area contributed by atoms with Gasteiger partial charge in [-0.05, 0) is 48.3 Å². The fourth-order valence-corrected chi connectivity index (χ4v) is 3.88. The molecule has 134 valence electrons. The Hall–Kier alpha value is -1.54. The summed E-state index contributed by atoms with van der Waals surface area (Å²) >= 11 is 7.12. The van der Waals surface area contributed by atoms with Crippen LogP contribution < -0.4 is 10.6 Å². The number of thiophene rings is 1. The van der Waals surface area contributed by atoms with E-state index >= 15 is 0 Å². The number of benzene rings is 1. The Morgan fingerprint density at radius 1 is 1.36 bits per heavy atom. The van der Waals surface area contributed by atoms with Gasteiger partial charge in [-0.25, -0.2) is 4.39 Å². The van der Waals surface area contributed by atoms with Gasteiger partial charge in [0.1, 0.15) is 5.82 Å². The minimum Gasteiger partial charge on any atom is -0.379 e. The number of halogens is 1. The van der Waals surface area contributed by atoms with Gasteiger partial charge in [0.15, 0.2) is 5.11 Å². The lowest BCUT2D eigenvalue weighted by atomic mass is 10.2. The molecular weight excluding hydrogens is 357 g/mol. The van der Waals surface area contributed by atoms with E-state index in [0.29, 0.717) is 22.9 Å². The molecule has 0 spiro atoms. The molecule has 0 saturated carbocycles. The van der Waals surface area contributed by atoms with Crippen LogP contribution in [-0.2, 0) is 4.74 Å². The molecule has 3 rings (SSSR count). The quantitative estimate of drug-likeness (QED) is 0.777. The normalized spacial score (nSPS) is 16.4. The van der Waals surface area contributed by atoms with Gasteiger partial charge in [0.2, 0.25) is 0 Å². The van der Waals surface area contributed by atoms with E-state index in [1.165, 1.54) is 10.9 Å². The predicted molar refractivity (Wildman–Crippen MR) is 105 cm³/mol. The minimum atomic E-state index is -0.238.